The lowest BCUT2D eigenvalue weighted by atomic mass is 9.97. The number of carbonyl (C=O) groups is 1. The van der Waals surface area contributed by atoms with E-state index in [1.54, 1.807) is 0 Å². The number of hydrogen-bond donors (Lipinski definition) is 7. The second-order valence-electron chi connectivity index (χ2n) is 7.65. The summed E-state index contributed by atoms with van der Waals surface area (Å²) in [5, 5.41) is 70.2. The van der Waals surface area contributed by atoms with Crippen LogP contribution < -0.4 is 9.47 Å². The minimum Gasteiger partial charge on any atom is -0.493 e. The van der Waals surface area contributed by atoms with E-state index in [1.807, 2.05) is 0 Å². The average Bonchev–Trinajstić information content (AvgIpc) is 2.83. The molecule has 0 radical (unpaired) electrons. The van der Waals surface area contributed by atoms with E-state index >= 15 is 0 Å². The van der Waals surface area contributed by atoms with Gasteiger partial charge in [-0.25, -0.2) is 0 Å². The topological polar surface area (TPSA) is 205 Å². The minimum absolute atomic E-state index is 0.0874. The average molecular weight is 476 g/mol. The highest BCUT2D eigenvalue weighted by molar-refractivity contribution is 5.76. The number of hydrogen-bond acceptors (Lipinski definition) is 13. The van der Waals surface area contributed by atoms with Crippen LogP contribution >= 0.6 is 0 Å². The number of rotatable bonds is 8. The Morgan fingerprint density at radius 3 is 2.09 bits per heavy atom. The van der Waals surface area contributed by atoms with Crippen LogP contribution in [0.4, 0.5) is 0 Å². The first-order valence-electron chi connectivity index (χ1n) is 10.1. The molecule has 1 aromatic rings. The first-order valence-corrected chi connectivity index (χ1v) is 10.1. The highest BCUT2D eigenvalue weighted by atomic mass is 16.7. The molecule has 0 aliphatic carbocycles. The highest BCUT2D eigenvalue weighted by Crippen LogP contribution is 2.33. The summed E-state index contributed by atoms with van der Waals surface area (Å²) in [4.78, 5) is 10.9. The molecule has 0 bridgehead atoms. The largest absolute Gasteiger partial charge is 0.493 e. The zero-order valence-electron chi connectivity index (χ0n) is 17.6. The van der Waals surface area contributed by atoms with Crippen molar-refractivity contribution in [1.82, 2.24) is 0 Å². The maximum atomic E-state index is 10.9. The van der Waals surface area contributed by atoms with Gasteiger partial charge >= 0.3 is 0 Å². The third kappa shape index (κ3) is 5.27. The van der Waals surface area contributed by atoms with Crippen molar-refractivity contribution in [2.75, 3.05) is 20.3 Å². The van der Waals surface area contributed by atoms with E-state index in [-0.39, 0.29) is 11.5 Å². The van der Waals surface area contributed by atoms with Crippen LogP contribution in [-0.2, 0) is 14.2 Å². The number of carbonyl (C=O) groups excluding carboxylic acids is 1. The van der Waals surface area contributed by atoms with Crippen molar-refractivity contribution in [3.05, 3.63) is 23.8 Å². The lowest BCUT2D eigenvalue weighted by Gasteiger charge is -2.45. The molecule has 0 spiro atoms. The van der Waals surface area contributed by atoms with Gasteiger partial charge in [-0.1, -0.05) is 0 Å². The summed E-state index contributed by atoms with van der Waals surface area (Å²) in [7, 11) is 1.34. The molecule has 33 heavy (non-hydrogen) atoms. The van der Waals surface area contributed by atoms with Gasteiger partial charge in [-0.3, -0.25) is 4.79 Å². The van der Waals surface area contributed by atoms with Gasteiger partial charge in [0.15, 0.2) is 17.8 Å². The molecular formula is C20H28O13. The standard InChI is InChI=1S/C20H28O13/c1-29-10-4-8(5-21)2-3-9(10)30-19-17(28)15(26)18(12(7-23)32-19)33-20-16(27)14(25)13(24)11(6-22)31-20/h2-5,11-20,22-28H,6-7H2,1H3/t11-,12-,13-,14+,15-,16-,17-,18-,19-,20+/m1/s1. The summed E-state index contributed by atoms with van der Waals surface area (Å²) < 4.78 is 27.0. The Bertz CT molecular complexity index is 787. The van der Waals surface area contributed by atoms with Crippen molar-refractivity contribution in [3.63, 3.8) is 0 Å². The Morgan fingerprint density at radius 1 is 0.848 bits per heavy atom. The zero-order valence-corrected chi connectivity index (χ0v) is 17.6. The third-order valence-electron chi connectivity index (χ3n) is 5.53. The Labute approximate surface area is 188 Å². The number of aliphatic hydroxyl groups excluding tert-OH is 7. The molecule has 13 heteroatoms. The normalized spacial score (nSPS) is 39.2. The maximum Gasteiger partial charge on any atom is 0.229 e. The highest BCUT2D eigenvalue weighted by Gasteiger charge is 2.51. The van der Waals surface area contributed by atoms with Crippen LogP contribution in [-0.4, -0.2) is 124 Å². The van der Waals surface area contributed by atoms with Crippen molar-refractivity contribution < 1.29 is 64.2 Å². The maximum absolute atomic E-state index is 10.9. The summed E-state index contributed by atoms with van der Waals surface area (Å²) in [5.41, 5.74) is 0.311. The minimum atomic E-state index is -1.76. The van der Waals surface area contributed by atoms with Gasteiger partial charge in [0, 0.05) is 5.56 Å². The number of aliphatic hydroxyl groups is 7. The van der Waals surface area contributed by atoms with E-state index < -0.39 is 74.6 Å². The molecule has 10 atom stereocenters. The molecule has 13 nitrogen and oxygen atoms in total. The molecule has 7 N–H and O–H groups in total. The number of benzene rings is 1. The quantitative estimate of drug-likeness (QED) is 0.182. The fourth-order valence-corrected chi connectivity index (χ4v) is 3.63. The second-order valence-corrected chi connectivity index (χ2v) is 7.65. The van der Waals surface area contributed by atoms with Crippen molar-refractivity contribution >= 4 is 6.29 Å². The predicted octanol–water partition coefficient (Wildman–Crippen LogP) is -3.49. The Hall–Kier alpha value is -1.91. The van der Waals surface area contributed by atoms with Crippen LogP contribution in [0.1, 0.15) is 10.4 Å². The van der Waals surface area contributed by atoms with Gasteiger partial charge in [0.25, 0.3) is 0 Å². The van der Waals surface area contributed by atoms with E-state index in [9.17, 15) is 40.5 Å². The van der Waals surface area contributed by atoms with Crippen molar-refractivity contribution in [1.29, 1.82) is 0 Å². The van der Waals surface area contributed by atoms with Gasteiger partial charge in [-0.2, -0.15) is 0 Å². The van der Waals surface area contributed by atoms with E-state index in [2.05, 4.69) is 0 Å². The molecule has 0 saturated carbocycles. The van der Waals surface area contributed by atoms with E-state index in [1.165, 1.54) is 25.3 Å². The van der Waals surface area contributed by atoms with E-state index in [4.69, 9.17) is 23.7 Å². The first kappa shape index (κ1) is 25.7. The Kier molecular flexibility index (Phi) is 8.58. The van der Waals surface area contributed by atoms with Crippen molar-refractivity contribution in [2.24, 2.45) is 0 Å². The molecule has 2 saturated heterocycles. The van der Waals surface area contributed by atoms with Gasteiger partial charge in [0.2, 0.25) is 6.29 Å². The molecule has 3 rings (SSSR count). The molecule has 0 aromatic heterocycles. The van der Waals surface area contributed by atoms with Crippen molar-refractivity contribution in [3.8, 4) is 11.5 Å². The smallest absolute Gasteiger partial charge is 0.229 e. The van der Waals surface area contributed by atoms with Gasteiger partial charge < -0.3 is 59.4 Å². The van der Waals surface area contributed by atoms with Crippen LogP contribution in [0.2, 0.25) is 0 Å². The molecule has 0 amide bonds. The van der Waals surface area contributed by atoms with Crippen LogP contribution in [0.5, 0.6) is 11.5 Å². The van der Waals surface area contributed by atoms with Crippen LogP contribution in [0, 0.1) is 0 Å². The fraction of sp³-hybridized carbons (Fsp3) is 0.650. The molecule has 2 aliphatic heterocycles. The van der Waals surface area contributed by atoms with Gasteiger partial charge in [-0.05, 0) is 18.2 Å². The Balaban J connectivity index is 1.75. The van der Waals surface area contributed by atoms with Crippen LogP contribution in [0.3, 0.4) is 0 Å². The number of methoxy groups -OCH3 is 1. The lowest BCUT2D eigenvalue weighted by Crippen LogP contribution is -2.65. The lowest BCUT2D eigenvalue weighted by molar-refractivity contribution is -0.352. The van der Waals surface area contributed by atoms with Gasteiger partial charge in [0.1, 0.15) is 55.1 Å². The SMILES string of the molecule is COc1cc(C=O)ccc1O[C@@H]1O[C@H](CO)[C@@H](O[C@@H]2O[C@H](CO)[C@@H](O)[C@H](O)[C@H]2O)[C@H](O)[C@H]1O. The summed E-state index contributed by atoms with van der Waals surface area (Å²) in [6.07, 6.45) is -15.0. The van der Waals surface area contributed by atoms with E-state index in [0.29, 0.717) is 11.8 Å². The Morgan fingerprint density at radius 2 is 1.48 bits per heavy atom. The summed E-state index contributed by atoms with van der Waals surface area (Å²) in [6, 6.07) is 4.23. The van der Waals surface area contributed by atoms with Crippen LogP contribution in [0.25, 0.3) is 0 Å². The second kappa shape index (κ2) is 11.0. The summed E-state index contributed by atoms with van der Waals surface area (Å²) >= 11 is 0. The van der Waals surface area contributed by atoms with Gasteiger partial charge in [0.05, 0.1) is 20.3 Å². The van der Waals surface area contributed by atoms with Gasteiger partial charge in [-0.15, -0.1) is 0 Å². The number of ether oxygens (including phenoxy) is 5. The predicted molar refractivity (Wildman–Crippen MR) is 105 cm³/mol. The van der Waals surface area contributed by atoms with Crippen LogP contribution in [0.15, 0.2) is 18.2 Å². The molecular weight excluding hydrogens is 448 g/mol. The molecule has 0 unspecified atom stereocenters. The molecule has 2 heterocycles. The number of aldehydes is 1. The molecule has 1 aromatic carbocycles. The van der Waals surface area contributed by atoms with Crippen molar-refractivity contribution in [2.45, 2.75) is 61.4 Å². The molecule has 2 fully saturated rings. The molecule has 2 aliphatic rings. The van der Waals surface area contributed by atoms with E-state index in [0.717, 1.165) is 0 Å². The summed E-state index contributed by atoms with van der Waals surface area (Å²) in [5.74, 6) is 0.245. The zero-order chi connectivity index (χ0) is 24.3. The first-order chi connectivity index (χ1) is 15.7. The fourth-order valence-electron chi connectivity index (χ4n) is 3.63. The summed E-state index contributed by atoms with van der Waals surface area (Å²) in [6.45, 7) is -1.39. The third-order valence-corrected chi connectivity index (χ3v) is 5.53. The monoisotopic (exact) mass is 476 g/mol. The molecule has 186 valence electrons.